The summed E-state index contributed by atoms with van der Waals surface area (Å²) in [6, 6.07) is 0.620. The number of hydrogen-bond acceptors (Lipinski definition) is 2. The third-order valence-electron chi connectivity index (χ3n) is 2.00. The first kappa shape index (κ1) is 8.02. The number of hydrogen-bond donors (Lipinski definition) is 1. The first-order chi connectivity index (χ1) is 4.88. The maximum Gasteiger partial charge on any atom is 0.0618 e. The number of nitrogens with one attached hydrogen (secondary N) is 1. The van der Waals surface area contributed by atoms with Crippen molar-refractivity contribution in [1.82, 2.24) is 5.32 Å². The summed E-state index contributed by atoms with van der Waals surface area (Å²) in [6.07, 6.45) is 2.78. The van der Waals surface area contributed by atoms with E-state index in [-0.39, 0.29) is 0 Å². The minimum absolute atomic E-state index is 0.620. The number of likely N-dealkylation sites (N-methyl/N-ethyl adjacent to an activating group) is 1. The van der Waals surface area contributed by atoms with Crippen LogP contribution < -0.4 is 5.32 Å². The van der Waals surface area contributed by atoms with E-state index in [1.165, 1.54) is 12.8 Å². The van der Waals surface area contributed by atoms with Gasteiger partial charge in [-0.1, -0.05) is 6.92 Å². The van der Waals surface area contributed by atoms with Crippen LogP contribution in [0.3, 0.4) is 0 Å². The molecule has 1 N–H and O–H groups in total. The highest BCUT2D eigenvalue weighted by atomic mass is 16.5. The molecule has 0 aromatic rings. The van der Waals surface area contributed by atoms with Gasteiger partial charge in [0.2, 0.25) is 0 Å². The molecule has 0 amide bonds. The summed E-state index contributed by atoms with van der Waals surface area (Å²) in [5.74, 6) is 0.903. The Hall–Kier alpha value is -0.0800. The van der Waals surface area contributed by atoms with Gasteiger partial charge in [-0.15, -0.1) is 0 Å². The lowest BCUT2D eigenvalue weighted by Crippen LogP contribution is -2.34. The minimum Gasteiger partial charge on any atom is -0.383 e. The van der Waals surface area contributed by atoms with E-state index in [4.69, 9.17) is 4.74 Å². The summed E-state index contributed by atoms with van der Waals surface area (Å²) in [6.45, 7) is 4.08. The standard InChI is InChI=1S/C8H17NO/c1-3-9-8(6-10-2)7-4-5-7/h7-9H,3-6H2,1-2H3. The molecule has 0 heterocycles. The zero-order valence-electron chi connectivity index (χ0n) is 6.89. The quantitative estimate of drug-likeness (QED) is 0.620. The van der Waals surface area contributed by atoms with E-state index in [9.17, 15) is 0 Å². The lowest BCUT2D eigenvalue weighted by atomic mass is 10.2. The van der Waals surface area contributed by atoms with Gasteiger partial charge in [0.1, 0.15) is 0 Å². The van der Waals surface area contributed by atoms with Gasteiger partial charge in [-0.3, -0.25) is 0 Å². The average Bonchev–Trinajstić information content (AvgIpc) is 2.69. The molecule has 0 aromatic heterocycles. The van der Waals surface area contributed by atoms with E-state index in [1.54, 1.807) is 7.11 Å². The van der Waals surface area contributed by atoms with Crippen molar-refractivity contribution in [3.05, 3.63) is 0 Å². The largest absolute Gasteiger partial charge is 0.383 e. The van der Waals surface area contributed by atoms with E-state index in [2.05, 4.69) is 12.2 Å². The maximum absolute atomic E-state index is 5.10. The Morgan fingerprint density at radius 3 is 2.70 bits per heavy atom. The molecule has 0 bridgehead atoms. The van der Waals surface area contributed by atoms with Crippen LogP contribution in [0.4, 0.5) is 0 Å². The molecule has 0 saturated heterocycles. The maximum atomic E-state index is 5.10. The smallest absolute Gasteiger partial charge is 0.0618 e. The van der Waals surface area contributed by atoms with Crippen LogP contribution in [0.25, 0.3) is 0 Å². The van der Waals surface area contributed by atoms with Crippen LogP contribution in [0.1, 0.15) is 19.8 Å². The minimum atomic E-state index is 0.620. The van der Waals surface area contributed by atoms with E-state index < -0.39 is 0 Å². The second-order valence-corrected chi connectivity index (χ2v) is 2.96. The summed E-state index contributed by atoms with van der Waals surface area (Å²) in [5.41, 5.74) is 0. The summed E-state index contributed by atoms with van der Waals surface area (Å²) >= 11 is 0. The zero-order chi connectivity index (χ0) is 7.40. The molecule has 1 aliphatic carbocycles. The molecule has 2 nitrogen and oxygen atoms in total. The van der Waals surface area contributed by atoms with Gasteiger partial charge >= 0.3 is 0 Å². The van der Waals surface area contributed by atoms with Crippen LogP contribution in [-0.4, -0.2) is 26.3 Å². The van der Waals surface area contributed by atoms with Crippen molar-refractivity contribution in [2.75, 3.05) is 20.3 Å². The van der Waals surface area contributed by atoms with Crippen molar-refractivity contribution >= 4 is 0 Å². The molecule has 1 saturated carbocycles. The fourth-order valence-corrected chi connectivity index (χ4v) is 1.30. The van der Waals surface area contributed by atoms with Crippen molar-refractivity contribution < 1.29 is 4.74 Å². The van der Waals surface area contributed by atoms with Gasteiger partial charge in [0.05, 0.1) is 6.61 Å². The van der Waals surface area contributed by atoms with Gasteiger partial charge in [-0.25, -0.2) is 0 Å². The Balaban J connectivity index is 2.13. The lowest BCUT2D eigenvalue weighted by molar-refractivity contribution is 0.158. The normalized spacial score (nSPS) is 21.0. The molecular formula is C8H17NO. The van der Waals surface area contributed by atoms with Crippen LogP contribution in [-0.2, 0) is 4.74 Å². The average molecular weight is 143 g/mol. The van der Waals surface area contributed by atoms with Gasteiger partial charge in [-0.05, 0) is 25.3 Å². The van der Waals surface area contributed by atoms with Crippen LogP contribution >= 0.6 is 0 Å². The van der Waals surface area contributed by atoms with E-state index in [0.29, 0.717) is 6.04 Å². The van der Waals surface area contributed by atoms with Gasteiger partial charge < -0.3 is 10.1 Å². The molecule has 0 spiro atoms. The van der Waals surface area contributed by atoms with Crippen LogP contribution in [0.2, 0.25) is 0 Å². The molecule has 1 unspecified atom stereocenters. The van der Waals surface area contributed by atoms with E-state index >= 15 is 0 Å². The van der Waals surface area contributed by atoms with Crippen molar-refractivity contribution in [2.24, 2.45) is 5.92 Å². The van der Waals surface area contributed by atoms with Gasteiger partial charge in [0.15, 0.2) is 0 Å². The number of rotatable bonds is 5. The highest BCUT2D eigenvalue weighted by Gasteiger charge is 2.30. The van der Waals surface area contributed by atoms with Crippen LogP contribution in [0.5, 0.6) is 0 Å². The fourth-order valence-electron chi connectivity index (χ4n) is 1.30. The Labute approximate surface area is 63.0 Å². The van der Waals surface area contributed by atoms with Gasteiger partial charge in [-0.2, -0.15) is 0 Å². The molecular weight excluding hydrogens is 126 g/mol. The number of methoxy groups -OCH3 is 1. The first-order valence-electron chi connectivity index (χ1n) is 4.10. The zero-order valence-corrected chi connectivity index (χ0v) is 6.89. The van der Waals surface area contributed by atoms with Crippen LogP contribution in [0.15, 0.2) is 0 Å². The Morgan fingerprint density at radius 2 is 2.30 bits per heavy atom. The van der Waals surface area contributed by atoms with Crippen molar-refractivity contribution in [1.29, 1.82) is 0 Å². The van der Waals surface area contributed by atoms with Gasteiger partial charge in [0.25, 0.3) is 0 Å². The van der Waals surface area contributed by atoms with Crippen molar-refractivity contribution in [3.63, 3.8) is 0 Å². The molecule has 1 rings (SSSR count). The predicted octanol–water partition coefficient (Wildman–Crippen LogP) is 1.02. The molecule has 1 aliphatic rings. The monoisotopic (exact) mass is 143 g/mol. The fraction of sp³-hybridized carbons (Fsp3) is 1.00. The molecule has 0 aliphatic heterocycles. The Bertz CT molecular complexity index is 85.3. The molecule has 10 heavy (non-hydrogen) atoms. The molecule has 1 fully saturated rings. The molecule has 60 valence electrons. The van der Waals surface area contributed by atoms with E-state index in [0.717, 1.165) is 19.1 Å². The molecule has 1 atom stereocenters. The lowest BCUT2D eigenvalue weighted by Gasteiger charge is -2.15. The first-order valence-corrected chi connectivity index (χ1v) is 4.10. The Kier molecular flexibility index (Phi) is 3.16. The van der Waals surface area contributed by atoms with Crippen LogP contribution in [0, 0.1) is 5.92 Å². The van der Waals surface area contributed by atoms with Crippen molar-refractivity contribution in [3.8, 4) is 0 Å². The van der Waals surface area contributed by atoms with Gasteiger partial charge in [0, 0.05) is 13.2 Å². The SMILES string of the molecule is CCNC(COC)C1CC1. The summed E-state index contributed by atoms with van der Waals surface area (Å²) < 4.78 is 5.10. The number of ether oxygens (including phenoxy) is 1. The highest BCUT2D eigenvalue weighted by molar-refractivity contribution is 4.85. The second-order valence-electron chi connectivity index (χ2n) is 2.96. The summed E-state index contributed by atoms with van der Waals surface area (Å²) in [7, 11) is 1.77. The van der Waals surface area contributed by atoms with Crippen molar-refractivity contribution in [2.45, 2.75) is 25.8 Å². The highest BCUT2D eigenvalue weighted by Crippen LogP contribution is 2.32. The predicted molar refractivity (Wildman–Crippen MR) is 42.1 cm³/mol. The van der Waals surface area contributed by atoms with E-state index in [1.807, 2.05) is 0 Å². The topological polar surface area (TPSA) is 21.3 Å². The third kappa shape index (κ3) is 2.27. The molecule has 0 radical (unpaired) electrons. The second kappa shape index (κ2) is 3.94. The summed E-state index contributed by atoms with van der Waals surface area (Å²) in [5, 5.41) is 3.42. The third-order valence-corrected chi connectivity index (χ3v) is 2.00. The summed E-state index contributed by atoms with van der Waals surface area (Å²) in [4.78, 5) is 0. The molecule has 2 heteroatoms. The Morgan fingerprint density at radius 1 is 1.60 bits per heavy atom. The molecule has 0 aromatic carbocycles.